The molecule has 0 heterocycles. The second kappa shape index (κ2) is 9.55. The topological polar surface area (TPSA) is 67.4 Å². The molecule has 0 saturated carbocycles. The van der Waals surface area contributed by atoms with Crippen LogP contribution in [0.2, 0.25) is 0 Å². The lowest BCUT2D eigenvalue weighted by Gasteiger charge is -2.12. The summed E-state index contributed by atoms with van der Waals surface area (Å²) in [7, 11) is 1.57. The molecule has 0 aromatic heterocycles. The molecular weight excluding hydrogens is 364 g/mol. The number of carbonyl (C=O) groups excluding carboxylic acids is 2. The van der Waals surface area contributed by atoms with Crippen LogP contribution in [0.1, 0.15) is 27.9 Å². The largest absolute Gasteiger partial charge is 0.497 e. The van der Waals surface area contributed by atoms with Gasteiger partial charge in [0.1, 0.15) is 5.75 Å². The van der Waals surface area contributed by atoms with Crippen molar-refractivity contribution in [3.8, 4) is 5.75 Å². The minimum absolute atomic E-state index is 0.131. The zero-order valence-corrected chi connectivity index (χ0v) is 16.6. The summed E-state index contributed by atoms with van der Waals surface area (Å²) in [5, 5.41) is 5.70. The van der Waals surface area contributed by atoms with E-state index in [9.17, 15) is 9.59 Å². The van der Waals surface area contributed by atoms with Crippen LogP contribution in [-0.4, -0.2) is 18.9 Å². The van der Waals surface area contributed by atoms with Crippen LogP contribution in [0.4, 0.5) is 11.4 Å². The van der Waals surface area contributed by atoms with Gasteiger partial charge >= 0.3 is 0 Å². The van der Waals surface area contributed by atoms with E-state index in [4.69, 9.17) is 4.74 Å². The molecule has 3 rings (SSSR count). The molecule has 0 atom stereocenters. The molecule has 5 heteroatoms. The van der Waals surface area contributed by atoms with Crippen LogP contribution < -0.4 is 15.4 Å². The van der Waals surface area contributed by atoms with Gasteiger partial charge in [-0.15, -0.1) is 0 Å². The van der Waals surface area contributed by atoms with Crippen molar-refractivity contribution in [1.82, 2.24) is 0 Å². The normalized spacial score (nSPS) is 10.3. The standard InChI is InChI=1S/C24H24N2O3/c1-17-7-5-8-18(15-17)13-14-23(27)26-22-12-4-3-11-21(22)24(28)25-19-9-6-10-20(16-19)29-2/h3-12,15-16H,13-14H2,1-2H3,(H,25,28)(H,26,27). The van der Waals surface area contributed by atoms with Crippen LogP contribution in [0.25, 0.3) is 0 Å². The number of benzene rings is 3. The number of carbonyl (C=O) groups is 2. The van der Waals surface area contributed by atoms with Crippen LogP contribution in [0.5, 0.6) is 5.75 Å². The molecule has 0 unspecified atom stereocenters. The van der Waals surface area contributed by atoms with E-state index in [2.05, 4.69) is 16.7 Å². The molecule has 0 fully saturated rings. The lowest BCUT2D eigenvalue weighted by molar-refractivity contribution is -0.116. The number of para-hydroxylation sites is 1. The van der Waals surface area contributed by atoms with Gasteiger partial charge in [0, 0.05) is 18.2 Å². The highest BCUT2D eigenvalue weighted by Gasteiger charge is 2.14. The van der Waals surface area contributed by atoms with Crippen molar-refractivity contribution in [3.63, 3.8) is 0 Å². The monoisotopic (exact) mass is 388 g/mol. The highest BCUT2D eigenvalue weighted by atomic mass is 16.5. The third kappa shape index (κ3) is 5.69. The lowest BCUT2D eigenvalue weighted by Crippen LogP contribution is -2.18. The Hall–Kier alpha value is -3.60. The number of aryl methyl sites for hydroxylation is 2. The van der Waals surface area contributed by atoms with Crippen LogP contribution in [0.3, 0.4) is 0 Å². The Kier molecular flexibility index (Phi) is 6.63. The fourth-order valence-corrected chi connectivity index (χ4v) is 3.03. The van der Waals surface area contributed by atoms with Gasteiger partial charge in [-0.05, 0) is 43.2 Å². The van der Waals surface area contributed by atoms with Crippen molar-refractivity contribution in [3.05, 3.63) is 89.5 Å². The van der Waals surface area contributed by atoms with Crippen molar-refractivity contribution in [1.29, 1.82) is 0 Å². The summed E-state index contributed by atoms with van der Waals surface area (Å²) < 4.78 is 5.18. The first-order chi connectivity index (χ1) is 14.0. The van der Waals surface area contributed by atoms with E-state index in [-0.39, 0.29) is 11.8 Å². The maximum absolute atomic E-state index is 12.7. The van der Waals surface area contributed by atoms with Crippen molar-refractivity contribution in [2.24, 2.45) is 0 Å². The first kappa shape index (κ1) is 20.1. The molecule has 148 valence electrons. The molecule has 3 aromatic rings. The summed E-state index contributed by atoms with van der Waals surface area (Å²) in [5.41, 5.74) is 3.79. The molecule has 29 heavy (non-hydrogen) atoms. The number of ether oxygens (including phenoxy) is 1. The van der Waals surface area contributed by atoms with Gasteiger partial charge < -0.3 is 15.4 Å². The molecule has 0 spiro atoms. The smallest absolute Gasteiger partial charge is 0.257 e. The molecule has 0 radical (unpaired) electrons. The summed E-state index contributed by atoms with van der Waals surface area (Å²) in [6.07, 6.45) is 0.987. The number of nitrogens with one attached hydrogen (secondary N) is 2. The Bertz CT molecular complexity index is 1010. The van der Waals surface area contributed by atoms with Gasteiger partial charge in [0.15, 0.2) is 0 Å². The van der Waals surface area contributed by atoms with Crippen LogP contribution >= 0.6 is 0 Å². The average molecular weight is 388 g/mol. The first-order valence-corrected chi connectivity index (χ1v) is 9.45. The number of hydrogen-bond acceptors (Lipinski definition) is 3. The summed E-state index contributed by atoms with van der Waals surface area (Å²) >= 11 is 0. The number of methoxy groups -OCH3 is 1. The third-order valence-electron chi connectivity index (χ3n) is 4.50. The van der Waals surface area contributed by atoms with Crippen molar-refractivity contribution in [2.45, 2.75) is 19.8 Å². The van der Waals surface area contributed by atoms with E-state index in [0.29, 0.717) is 35.5 Å². The molecule has 5 nitrogen and oxygen atoms in total. The van der Waals surface area contributed by atoms with E-state index in [1.54, 1.807) is 55.6 Å². The lowest BCUT2D eigenvalue weighted by atomic mass is 10.1. The summed E-state index contributed by atoms with van der Waals surface area (Å²) in [5.74, 6) is 0.224. The molecule has 2 N–H and O–H groups in total. The summed E-state index contributed by atoms with van der Waals surface area (Å²) in [6, 6.07) is 22.2. The van der Waals surface area contributed by atoms with Gasteiger partial charge in [0.25, 0.3) is 5.91 Å². The second-order valence-electron chi connectivity index (χ2n) is 6.77. The van der Waals surface area contributed by atoms with E-state index >= 15 is 0 Å². The van der Waals surface area contributed by atoms with E-state index in [1.807, 2.05) is 25.1 Å². The minimum atomic E-state index is -0.298. The zero-order chi connectivity index (χ0) is 20.6. The van der Waals surface area contributed by atoms with Crippen LogP contribution in [-0.2, 0) is 11.2 Å². The fourth-order valence-electron chi connectivity index (χ4n) is 3.03. The minimum Gasteiger partial charge on any atom is -0.497 e. The maximum atomic E-state index is 12.7. The molecular formula is C24H24N2O3. The van der Waals surface area contributed by atoms with Gasteiger partial charge in [-0.25, -0.2) is 0 Å². The molecule has 3 aromatic carbocycles. The summed E-state index contributed by atoms with van der Waals surface area (Å²) in [6.45, 7) is 2.03. The Morgan fingerprint density at radius 3 is 2.48 bits per heavy atom. The first-order valence-electron chi connectivity index (χ1n) is 9.45. The molecule has 0 aliphatic carbocycles. The SMILES string of the molecule is COc1cccc(NC(=O)c2ccccc2NC(=O)CCc2cccc(C)c2)c1. The van der Waals surface area contributed by atoms with Gasteiger partial charge in [-0.3, -0.25) is 9.59 Å². The van der Waals surface area contributed by atoms with Crippen LogP contribution in [0.15, 0.2) is 72.8 Å². The number of amides is 2. The third-order valence-corrected chi connectivity index (χ3v) is 4.50. The molecule has 0 saturated heterocycles. The Morgan fingerprint density at radius 1 is 0.897 bits per heavy atom. The van der Waals surface area contributed by atoms with Gasteiger partial charge in [0.05, 0.1) is 18.4 Å². The van der Waals surface area contributed by atoms with Crippen molar-refractivity contribution in [2.75, 3.05) is 17.7 Å². The van der Waals surface area contributed by atoms with E-state index in [1.165, 1.54) is 5.56 Å². The zero-order valence-electron chi connectivity index (χ0n) is 16.6. The number of anilines is 2. The Labute approximate surface area is 170 Å². The summed E-state index contributed by atoms with van der Waals surface area (Å²) in [4.78, 5) is 25.2. The molecule has 0 aliphatic heterocycles. The van der Waals surface area contributed by atoms with Crippen molar-refractivity contribution >= 4 is 23.2 Å². The predicted molar refractivity (Wildman–Crippen MR) is 116 cm³/mol. The number of rotatable bonds is 7. The maximum Gasteiger partial charge on any atom is 0.257 e. The Morgan fingerprint density at radius 2 is 1.69 bits per heavy atom. The number of hydrogen-bond donors (Lipinski definition) is 2. The highest BCUT2D eigenvalue weighted by molar-refractivity contribution is 6.10. The van der Waals surface area contributed by atoms with Crippen LogP contribution in [0, 0.1) is 6.92 Å². The average Bonchev–Trinajstić information content (AvgIpc) is 2.73. The quantitative estimate of drug-likeness (QED) is 0.609. The molecule has 0 bridgehead atoms. The van der Waals surface area contributed by atoms with Gasteiger partial charge in [-0.1, -0.05) is 48.0 Å². The highest BCUT2D eigenvalue weighted by Crippen LogP contribution is 2.21. The molecule has 0 aliphatic rings. The van der Waals surface area contributed by atoms with Gasteiger partial charge in [0.2, 0.25) is 5.91 Å². The predicted octanol–water partition coefficient (Wildman–Crippen LogP) is 4.83. The molecule has 2 amide bonds. The van der Waals surface area contributed by atoms with Gasteiger partial charge in [-0.2, -0.15) is 0 Å². The fraction of sp³-hybridized carbons (Fsp3) is 0.167. The van der Waals surface area contributed by atoms with Crippen molar-refractivity contribution < 1.29 is 14.3 Å². The second-order valence-corrected chi connectivity index (χ2v) is 6.77. The van der Waals surface area contributed by atoms with E-state index in [0.717, 1.165) is 5.56 Å². The van der Waals surface area contributed by atoms with E-state index < -0.39 is 0 Å². The Balaban J connectivity index is 1.66.